The predicted molar refractivity (Wildman–Crippen MR) is 124 cm³/mol. The van der Waals surface area contributed by atoms with Crippen LogP contribution in [0.15, 0.2) is 53.0 Å². The molecule has 0 aliphatic carbocycles. The molecular formula is C22H28BrN3O3S. The van der Waals surface area contributed by atoms with Crippen molar-refractivity contribution in [3.8, 4) is 0 Å². The minimum absolute atomic E-state index is 0.00311. The first-order valence-corrected chi connectivity index (χ1v) is 12.4. The zero-order valence-corrected chi connectivity index (χ0v) is 19.7. The van der Waals surface area contributed by atoms with Crippen LogP contribution >= 0.6 is 15.9 Å². The summed E-state index contributed by atoms with van der Waals surface area (Å²) in [6.07, 6.45) is 1.09. The number of sulfonamides is 1. The van der Waals surface area contributed by atoms with Crippen LogP contribution in [0.5, 0.6) is 0 Å². The van der Waals surface area contributed by atoms with Crippen molar-refractivity contribution in [3.05, 3.63) is 64.1 Å². The standard InChI is InChI=1S/C22H28BrN3O3S/c1-25(2)21-9-5-17(6-10-21)15-24-22(27)19-11-13-26(14-12-19)30(28,29)16-18-3-7-20(23)8-4-18/h3-10,19H,11-16H2,1-2H3,(H,24,27). The third-order valence-electron chi connectivity index (χ3n) is 5.40. The number of benzene rings is 2. The number of hydrogen-bond donors (Lipinski definition) is 1. The fourth-order valence-electron chi connectivity index (χ4n) is 3.52. The lowest BCUT2D eigenvalue weighted by Crippen LogP contribution is -2.43. The maximum Gasteiger partial charge on any atom is 0.223 e. The fourth-order valence-corrected chi connectivity index (χ4v) is 5.35. The number of rotatable bonds is 7. The van der Waals surface area contributed by atoms with Crippen LogP contribution in [0.4, 0.5) is 5.69 Å². The monoisotopic (exact) mass is 493 g/mol. The molecule has 3 rings (SSSR count). The molecular weight excluding hydrogens is 466 g/mol. The van der Waals surface area contributed by atoms with E-state index in [-0.39, 0.29) is 17.6 Å². The minimum Gasteiger partial charge on any atom is -0.378 e. The summed E-state index contributed by atoms with van der Waals surface area (Å²) in [7, 11) is 0.594. The van der Waals surface area contributed by atoms with Gasteiger partial charge in [0.15, 0.2) is 0 Å². The molecule has 30 heavy (non-hydrogen) atoms. The van der Waals surface area contributed by atoms with Crippen LogP contribution in [0.3, 0.4) is 0 Å². The van der Waals surface area contributed by atoms with Crippen molar-refractivity contribution in [1.82, 2.24) is 9.62 Å². The third kappa shape index (κ3) is 6.06. The average Bonchev–Trinajstić information content (AvgIpc) is 2.74. The number of piperidine rings is 1. The summed E-state index contributed by atoms with van der Waals surface area (Å²) in [5.41, 5.74) is 2.92. The number of carbonyl (C=O) groups is 1. The lowest BCUT2D eigenvalue weighted by molar-refractivity contribution is -0.126. The zero-order chi connectivity index (χ0) is 21.7. The quantitative estimate of drug-likeness (QED) is 0.641. The summed E-state index contributed by atoms with van der Waals surface area (Å²) in [5.74, 6) is -0.165. The molecule has 162 valence electrons. The number of anilines is 1. The van der Waals surface area contributed by atoms with Gasteiger partial charge in [0.05, 0.1) is 5.75 Å². The van der Waals surface area contributed by atoms with Gasteiger partial charge in [-0.15, -0.1) is 0 Å². The fraction of sp³-hybridized carbons (Fsp3) is 0.409. The molecule has 0 bridgehead atoms. The highest BCUT2D eigenvalue weighted by Gasteiger charge is 2.31. The van der Waals surface area contributed by atoms with E-state index in [0.29, 0.717) is 32.5 Å². The molecule has 0 aromatic heterocycles. The highest BCUT2D eigenvalue weighted by molar-refractivity contribution is 9.10. The van der Waals surface area contributed by atoms with Crippen LogP contribution in [0.25, 0.3) is 0 Å². The molecule has 0 atom stereocenters. The van der Waals surface area contributed by atoms with Crippen molar-refractivity contribution in [3.63, 3.8) is 0 Å². The number of halogens is 1. The van der Waals surface area contributed by atoms with Crippen LogP contribution < -0.4 is 10.2 Å². The van der Waals surface area contributed by atoms with Gasteiger partial charge in [0.25, 0.3) is 0 Å². The third-order valence-corrected chi connectivity index (χ3v) is 7.78. The van der Waals surface area contributed by atoms with Gasteiger partial charge in [-0.2, -0.15) is 0 Å². The molecule has 1 fully saturated rings. The maximum absolute atomic E-state index is 12.7. The summed E-state index contributed by atoms with van der Waals surface area (Å²) < 4.78 is 27.9. The van der Waals surface area contributed by atoms with E-state index in [2.05, 4.69) is 21.2 Å². The lowest BCUT2D eigenvalue weighted by Gasteiger charge is -2.30. The van der Waals surface area contributed by atoms with Gasteiger partial charge in [0.2, 0.25) is 15.9 Å². The van der Waals surface area contributed by atoms with Crippen LogP contribution in [0.1, 0.15) is 24.0 Å². The zero-order valence-electron chi connectivity index (χ0n) is 17.3. The van der Waals surface area contributed by atoms with Gasteiger partial charge < -0.3 is 10.2 Å². The first-order valence-electron chi connectivity index (χ1n) is 10.0. The Morgan fingerprint density at radius 1 is 1.03 bits per heavy atom. The van der Waals surface area contributed by atoms with Crippen LogP contribution in [-0.4, -0.2) is 45.8 Å². The second kappa shape index (κ2) is 9.94. The Morgan fingerprint density at radius 2 is 1.60 bits per heavy atom. The molecule has 0 saturated carbocycles. The Kier molecular flexibility index (Phi) is 7.55. The van der Waals surface area contributed by atoms with Crippen molar-refractivity contribution in [2.75, 3.05) is 32.1 Å². The molecule has 1 aliphatic heterocycles. The van der Waals surface area contributed by atoms with E-state index in [1.807, 2.05) is 67.5 Å². The summed E-state index contributed by atoms with van der Waals surface area (Å²) in [6, 6.07) is 15.4. The van der Waals surface area contributed by atoms with Crippen molar-refractivity contribution >= 4 is 37.5 Å². The lowest BCUT2D eigenvalue weighted by atomic mass is 9.97. The number of nitrogens with one attached hydrogen (secondary N) is 1. The SMILES string of the molecule is CN(C)c1ccc(CNC(=O)C2CCN(S(=O)(=O)Cc3ccc(Br)cc3)CC2)cc1. The minimum atomic E-state index is -3.38. The van der Waals surface area contributed by atoms with Gasteiger partial charge in [-0.05, 0) is 48.2 Å². The average molecular weight is 494 g/mol. The Labute approximate surface area is 187 Å². The Hall–Kier alpha value is -1.90. The molecule has 0 unspecified atom stereocenters. The van der Waals surface area contributed by atoms with Gasteiger partial charge in [0, 0.05) is 49.8 Å². The Morgan fingerprint density at radius 3 is 2.17 bits per heavy atom. The van der Waals surface area contributed by atoms with Crippen molar-refractivity contribution in [1.29, 1.82) is 0 Å². The molecule has 0 spiro atoms. The number of nitrogens with zero attached hydrogens (tertiary/aromatic N) is 2. The summed E-state index contributed by atoms with van der Waals surface area (Å²) in [5, 5.41) is 2.99. The van der Waals surface area contributed by atoms with Gasteiger partial charge in [-0.1, -0.05) is 40.2 Å². The molecule has 1 N–H and O–H groups in total. The van der Waals surface area contributed by atoms with E-state index in [1.54, 1.807) is 0 Å². The van der Waals surface area contributed by atoms with Crippen LogP contribution in [0, 0.1) is 5.92 Å². The van der Waals surface area contributed by atoms with Gasteiger partial charge >= 0.3 is 0 Å². The summed E-state index contributed by atoms with van der Waals surface area (Å²) in [4.78, 5) is 14.6. The molecule has 0 radical (unpaired) electrons. The van der Waals surface area contributed by atoms with E-state index in [1.165, 1.54) is 4.31 Å². The first kappa shape index (κ1) is 22.8. The van der Waals surface area contributed by atoms with Crippen molar-refractivity contribution in [2.45, 2.75) is 25.1 Å². The number of carbonyl (C=O) groups excluding carboxylic acids is 1. The van der Waals surface area contributed by atoms with Gasteiger partial charge in [-0.25, -0.2) is 12.7 Å². The molecule has 6 nitrogen and oxygen atoms in total. The topological polar surface area (TPSA) is 69.7 Å². The second-order valence-electron chi connectivity index (χ2n) is 7.83. The molecule has 1 saturated heterocycles. The highest BCUT2D eigenvalue weighted by Crippen LogP contribution is 2.23. The molecule has 8 heteroatoms. The van der Waals surface area contributed by atoms with Crippen LogP contribution in [-0.2, 0) is 27.1 Å². The largest absolute Gasteiger partial charge is 0.378 e. The highest BCUT2D eigenvalue weighted by atomic mass is 79.9. The molecule has 1 amide bonds. The Bertz CT molecular complexity index is 952. The predicted octanol–water partition coefficient (Wildman–Crippen LogP) is 3.37. The molecule has 2 aromatic carbocycles. The molecule has 1 aliphatic rings. The van der Waals surface area contributed by atoms with E-state index < -0.39 is 10.0 Å². The maximum atomic E-state index is 12.7. The summed E-state index contributed by atoms with van der Waals surface area (Å²) in [6.45, 7) is 1.25. The van der Waals surface area contributed by atoms with E-state index in [0.717, 1.165) is 21.3 Å². The van der Waals surface area contributed by atoms with Crippen LogP contribution in [0.2, 0.25) is 0 Å². The van der Waals surface area contributed by atoms with Gasteiger partial charge in [0.1, 0.15) is 0 Å². The first-order chi connectivity index (χ1) is 14.2. The smallest absolute Gasteiger partial charge is 0.223 e. The molecule has 1 heterocycles. The second-order valence-corrected chi connectivity index (χ2v) is 10.7. The Balaban J connectivity index is 1.48. The van der Waals surface area contributed by atoms with Crippen molar-refractivity contribution in [2.24, 2.45) is 5.92 Å². The number of hydrogen-bond acceptors (Lipinski definition) is 4. The van der Waals surface area contributed by atoms with Gasteiger partial charge in [-0.3, -0.25) is 4.79 Å². The normalized spacial score (nSPS) is 15.7. The van der Waals surface area contributed by atoms with Crippen molar-refractivity contribution < 1.29 is 13.2 Å². The van der Waals surface area contributed by atoms with E-state index >= 15 is 0 Å². The summed E-state index contributed by atoms with van der Waals surface area (Å²) >= 11 is 3.36. The van der Waals surface area contributed by atoms with E-state index in [9.17, 15) is 13.2 Å². The van der Waals surface area contributed by atoms with E-state index in [4.69, 9.17) is 0 Å². The molecule has 2 aromatic rings. The number of amides is 1.